The van der Waals surface area contributed by atoms with Crippen LogP contribution in [0.15, 0.2) is 72.5 Å². The first kappa shape index (κ1) is 17.2. The Morgan fingerprint density at radius 3 is 2.24 bits per heavy atom. The summed E-state index contributed by atoms with van der Waals surface area (Å²) in [4.78, 5) is 0. The maximum Gasteiger partial charge on any atom is 0.427 e. The summed E-state index contributed by atoms with van der Waals surface area (Å²) in [5.74, 6) is 5.55. The molecule has 0 radical (unpaired) electrons. The van der Waals surface area contributed by atoms with Crippen molar-refractivity contribution >= 4 is 0 Å². The predicted molar refractivity (Wildman–Crippen MR) is 90.7 cm³/mol. The molecule has 0 aliphatic carbocycles. The number of hydrogen-bond acceptors (Lipinski definition) is 1. The fourth-order valence-electron chi connectivity index (χ4n) is 2.85. The number of benzene rings is 2. The molecular weight excluding hydrogens is 325 g/mol. The molecule has 2 aromatic rings. The van der Waals surface area contributed by atoms with E-state index in [-0.39, 0.29) is 12.2 Å². The van der Waals surface area contributed by atoms with Crippen LogP contribution in [-0.4, -0.2) is 11.8 Å². The summed E-state index contributed by atoms with van der Waals surface area (Å²) >= 11 is 0. The zero-order chi connectivity index (χ0) is 17.9. The van der Waals surface area contributed by atoms with Gasteiger partial charge in [0.2, 0.25) is 5.60 Å². The van der Waals surface area contributed by atoms with E-state index in [1.165, 1.54) is 6.08 Å². The number of allylic oxidation sites excluding steroid dienone is 2. The van der Waals surface area contributed by atoms with Crippen molar-refractivity contribution in [3.8, 4) is 11.8 Å². The lowest BCUT2D eigenvalue weighted by Gasteiger charge is -2.26. The number of halogens is 3. The van der Waals surface area contributed by atoms with E-state index in [0.717, 1.165) is 18.1 Å². The van der Waals surface area contributed by atoms with Crippen LogP contribution >= 0.6 is 0 Å². The Bertz CT molecular complexity index is 813. The number of rotatable bonds is 1. The Labute approximate surface area is 145 Å². The monoisotopic (exact) mass is 342 g/mol. The minimum absolute atomic E-state index is 0.153. The standard InChI is InChI=1S/C21H17F3O/c1-20(21(22,23)24)15-18(17-12-6-3-7-13-17)19(25-20)14-8-11-16-9-4-2-5-10-16/h2-7,9-10,12-14,18H,15H2,1H3/b19-14-/t18-,20+/m1/s1. The lowest BCUT2D eigenvalue weighted by Crippen LogP contribution is -2.41. The first-order valence-corrected chi connectivity index (χ1v) is 7.96. The largest absolute Gasteiger partial charge is 0.481 e. The minimum atomic E-state index is -4.44. The molecule has 1 saturated heterocycles. The van der Waals surface area contributed by atoms with Gasteiger partial charge >= 0.3 is 6.18 Å². The van der Waals surface area contributed by atoms with Crippen LogP contribution in [0.3, 0.4) is 0 Å². The lowest BCUT2D eigenvalue weighted by molar-refractivity contribution is -0.247. The van der Waals surface area contributed by atoms with Crippen molar-refractivity contribution in [2.45, 2.75) is 31.0 Å². The quantitative estimate of drug-likeness (QED) is 0.627. The van der Waals surface area contributed by atoms with Gasteiger partial charge in [0.15, 0.2) is 0 Å². The second-order valence-electron chi connectivity index (χ2n) is 6.18. The van der Waals surface area contributed by atoms with Gasteiger partial charge in [0, 0.05) is 24.0 Å². The van der Waals surface area contributed by atoms with Crippen molar-refractivity contribution in [3.63, 3.8) is 0 Å². The highest BCUT2D eigenvalue weighted by Crippen LogP contribution is 2.50. The molecule has 0 aromatic heterocycles. The van der Waals surface area contributed by atoms with Crippen LogP contribution in [0.5, 0.6) is 0 Å². The van der Waals surface area contributed by atoms with Crippen LogP contribution in [0.2, 0.25) is 0 Å². The van der Waals surface area contributed by atoms with E-state index in [2.05, 4.69) is 11.8 Å². The van der Waals surface area contributed by atoms with Gasteiger partial charge in [-0.15, -0.1) is 0 Å². The molecule has 1 heterocycles. The molecule has 2 aromatic carbocycles. The van der Waals surface area contributed by atoms with Crippen molar-refractivity contribution in [2.75, 3.05) is 0 Å². The molecule has 4 heteroatoms. The number of alkyl halides is 3. The van der Waals surface area contributed by atoms with Crippen LogP contribution in [0.1, 0.15) is 30.4 Å². The van der Waals surface area contributed by atoms with Gasteiger partial charge in [0.05, 0.1) is 0 Å². The van der Waals surface area contributed by atoms with Gasteiger partial charge in [-0.25, -0.2) is 0 Å². The second-order valence-corrected chi connectivity index (χ2v) is 6.18. The molecule has 1 fully saturated rings. The zero-order valence-corrected chi connectivity index (χ0v) is 13.7. The third-order valence-electron chi connectivity index (χ3n) is 4.29. The SMILES string of the molecule is C[C@@]1(C(F)(F)F)C[C@H](c2ccccc2)/C(=C/C#Cc2ccccc2)O1. The summed E-state index contributed by atoms with van der Waals surface area (Å²) in [5, 5.41) is 0. The molecule has 1 aliphatic rings. The Kier molecular flexibility index (Phi) is 4.59. The van der Waals surface area contributed by atoms with Crippen LogP contribution in [0.4, 0.5) is 13.2 Å². The molecule has 0 spiro atoms. The Morgan fingerprint density at radius 1 is 1.04 bits per heavy atom. The van der Waals surface area contributed by atoms with Crippen LogP contribution < -0.4 is 0 Å². The van der Waals surface area contributed by atoms with Crippen molar-refractivity contribution in [3.05, 3.63) is 83.6 Å². The molecule has 0 saturated carbocycles. The van der Waals surface area contributed by atoms with Gasteiger partial charge in [-0.3, -0.25) is 0 Å². The smallest absolute Gasteiger partial charge is 0.427 e. The molecule has 2 atom stereocenters. The van der Waals surface area contributed by atoms with Gasteiger partial charge in [-0.05, 0) is 24.6 Å². The molecule has 0 bridgehead atoms. The fraction of sp³-hybridized carbons (Fsp3) is 0.238. The summed E-state index contributed by atoms with van der Waals surface area (Å²) in [6.45, 7) is 1.09. The summed E-state index contributed by atoms with van der Waals surface area (Å²) in [6.07, 6.45) is -3.14. The lowest BCUT2D eigenvalue weighted by atomic mass is 9.88. The molecule has 0 unspecified atom stereocenters. The van der Waals surface area contributed by atoms with Crippen LogP contribution in [-0.2, 0) is 4.74 Å². The molecule has 1 aliphatic heterocycles. The summed E-state index contributed by atoms with van der Waals surface area (Å²) in [7, 11) is 0. The normalized spacial score (nSPS) is 24.5. The molecule has 0 N–H and O–H groups in total. The van der Waals surface area contributed by atoms with E-state index < -0.39 is 17.7 Å². The van der Waals surface area contributed by atoms with E-state index in [4.69, 9.17) is 4.74 Å². The van der Waals surface area contributed by atoms with Crippen molar-refractivity contribution in [1.82, 2.24) is 0 Å². The van der Waals surface area contributed by atoms with Crippen LogP contribution in [0, 0.1) is 11.8 Å². The maximum absolute atomic E-state index is 13.4. The molecule has 3 rings (SSSR count). The Morgan fingerprint density at radius 2 is 1.64 bits per heavy atom. The number of hydrogen-bond donors (Lipinski definition) is 0. The van der Waals surface area contributed by atoms with Gasteiger partial charge in [0.25, 0.3) is 0 Å². The van der Waals surface area contributed by atoms with E-state index in [1.54, 1.807) is 0 Å². The zero-order valence-electron chi connectivity index (χ0n) is 13.7. The Balaban J connectivity index is 1.94. The first-order chi connectivity index (χ1) is 11.9. The number of ether oxygens (including phenoxy) is 1. The average Bonchev–Trinajstić information content (AvgIpc) is 2.95. The van der Waals surface area contributed by atoms with E-state index in [9.17, 15) is 13.2 Å². The maximum atomic E-state index is 13.4. The topological polar surface area (TPSA) is 9.23 Å². The van der Waals surface area contributed by atoms with Crippen LogP contribution in [0.25, 0.3) is 0 Å². The van der Waals surface area contributed by atoms with E-state index in [1.807, 2.05) is 60.7 Å². The minimum Gasteiger partial charge on any atom is -0.481 e. The third-order valence-corrected chi connectivity index (χ3v) is 4.29. The van der Waals surface area contributed by atoms with Gasteiger partial charge in [-0.1, -0.05) is 60.4 Å². The summed E-state index contributed by atoms with van der Waals surface area (Å²) in [5.41, 5.74) is -0.608. The molecular formula is C21H17F3O. The Hall–Kier alpha value is -2.67. The molecule has 1 nitrogen and oxygen atoms in total. The molecule has 128 valence electrons. The van der Waals surface area contributed by atoms with Crippen molar-refractivity contribution < 1.29 is 17.9 Å². The highest BCUT2D eigenvalue weighted by molar-refractivity contribution is 5.39. The summed E-state index contributed by atoms with van der Waals surface area (Å²) in [6, 6.07) is 18.4. The second kappa shape index (κ2) is 6.68. The highest BCUT2D eigenvalue weighted by Gasteiger charge is 2.59. The van der Waals surface area contributed by atoms with Gasteiger partial charge < -0.3 is 4.74 Å². The van der Waals surface area contributed by atoms with E-state index >= 15 is 0 Å². The first-order valence-electron chi connectivity index (χ1n) is 7.96. The fourth-order valence-corrected chi connectivity index (χ4v) is 2.85. The summed E-state index contributed by atoms with van der Waals surface area (Å²) < 4.78 is 45.6. The van der Waals surface area contributed by atoms with Gasteiger partial charge in [-0.2, -0.15) is 13.2 Å². The predicted octanol–water partition coefficient (Wildman–Crippen LogP) is 5.45. The van der Waals surface area contributed by atoms with Gasteiger partial charge in [0.1, 0.15) is 5.76 Å². The molecule has 25 heavy (non-hydrogen) atoms. The van der Waals surface area contributed by atoms with E-state index in [0.29, 0.717) is 0 Å². The van der Waals surface area contributed by atoms with Crippen molar-refractivity contribution in [2.24, 2.45) is 0 Å². The highest BCUT2D eigenvalue weighted by atomic mass is 19.4. The molecule has 0 amide bonds. The average molecular weight is 342 g/mol. The third kappa shape index (κ3) is 3.71. The van der Waals surface area contributed by atoms with Crippen molar-refractivity contribution in [1.29, 1.82) is 0 Å².